The van der Waals surface area contributed by atoms with Gasteiger partial charge in [0.05, 0.1) is 0 Å². The van der Waals surface area contributed by atoms with Crippen LogP contribution >= 0.6 is 0 Å². The van der Waals surface area contributed by atoms with Crippen LogP contribution < -0.4 is 0 Å². The van der Waals surface area contributed by atoms with Gasteiger partial charge in [-0.1, -0.05) is 36.4 Å². The van der Waals surface area contributed by atoms with E-state index >= 15 is 0 Å². The number of hydrogen-bond donors (Lipinski definition) is 2. The molecule has 0 spiro atoms. The molecule has 100 valence electrons. The molecule has 0 aliphatic carbocycles. The van der Waals surface area contributed by atoms with Gasteiger partial charge >= 0.3 is 0 Å². The van der Waals surface area contributed by atoms with E-state index in [2.05, 4.69) is 0 Å². The summed E-state index contributed by atoms with van der Waals surface area (Å²) in [4.78, 5) is 23.6. The van der Waals surface area contributed by atoms with Crippen molar-refractivity contribution in [3.63, 3.8) is 0 Å². The van der Waals surface area contributed by atoms with Crippen molar-refractivity contribution < 1.29 is 19.8 Å². The van der Waals surface area contributed by atoms with Gasteiger partial charge in [0.15, 0.2) is 11.5 Å². The lowest BCUT2D eigenvalue weighted by atomic mass is 10.1. The van der Waals surface area contributed by atoms with Gasteiger partial charge in [0.2, 0.25) is 11.6 Å². The summed E-state index contributed by atoms with van der Waals surface area (Å²) in [6.45, 7) is 0. The lowest BCUT2D eigenvalue weighted by Gasteiger charge is -2.00. The minimum Gasteiger partial charge on any atom is -0.504 e. The van der Waals surface area contributed by atoms with Crippen molar-refractivity contribution in [3.8, 4) is 11.5 Å². The van der Waals surface area contributed by atoms with Crippen molar-refractivity contribution in [2.24, 2.45) is 0 Å². The molecular formula is C16H12O4. The van der Waals surface area contributed by atoms with E-state index in [1.807, 2.05) is 18.2 Å². The molecule has 0 unspecified atom stereocenters. The summed E-state index contributed by atoms with van der Waals surface area (Å²) in [6.07, 6.45) is 2.72. The van der Waals surface area contributed by atoms with Crippen LogP contribution in [0.4, 0.5) is 0 Å². The first-order chi connectivity index (χ1) is 9.58. The van der Waals surface area contributed by atoms with Crippen molar-refractivity contribution in [1.82, 2.24) is 0 Å². The Bertz CT molecular complexity index is 672. The van der Waals surface area contributed by atoms with Crippen molar-refractivity contribution in [3.05, 3.63) is 65.7 Å². The summed E-state index contributed by atoms with van der Waals surface area (Å²) < 4.78 is 0. The lowest BCUT2D eigenvalue weighted by molar-refractivity contribution is -0.110. The third kappa shape index (κ3) is 3.11. The summed E-state index contributed by atoms with van der Waals surface area (Å²) in [7, 11) is 0. The Hall–Kier alpha value is -2.88. The molecule has 0 saturated carbocycles. The highest BCUT2D eigenvalue weighted by Crippen LogP contribution is 2.25. The topological polar surface area (TPSA) is 74.6 Å². The lowest BCUT2D eigenvalue weighted by Crippen LogP contribution is -2.10. The Balaban J connectivity index is 2.15. The van der Waals surface area contributed by atoms with E-state index in [1.165, 1.54) is 12.1 Å². The minimum atomic E-state index is -0.743. The van der Waals surface area contributed by atoms with Gasteiger partial charge in [0.25, 0.3) is 0 Å². The van der Waals surface area contributed by atoms with Gasteiger partial charge < -0.3 is 10.2 Å². The first-order valence-electron chi connectivity index (χ1n) is 5.91. The van der Waals surface area contributed by atoms with Crippen molar-refractivity contribution in [2.75, 3.05) is 0 Å². The summed E-state index contributed by atoms with van der Waals surface area (Å²) >= 11 is 0. The molecule has 0 aliphatic heterocycles. The van der Waals surface area contributed by atoms with E-state index in [0.717, 1.165) is 17.7 Å². The molecule has 0 radical (unpaired) electrons. The quantitative estimate of drug-likeness (QED) is 0.387. The average Bonchev–Trinajstić information content (AvgIpc) is 2.48. The Morgan fingerprint density at radius 2 is 1.60 bits per heavy atom. The number of aromatic hydroxyl groups is 2. The van der Waals surface area contributed by atoms with Crippen molar-refractivity contribution in [1.29, 1.82) is 0 Å². The van der Waals surface area contributed by atoms with Gasteiger partial charge in [-0.15, -0.1) is 0 Å². The van der Waals surface area contributed by atoms with Crippen LogP contribution in [0.2, 0.25) is 0 Å². The number of allylic oxidation sites excluding steroid dienone is 1. The van der Waals surface area contributed by atoms with Crippen LogP contribution in [0.3, 0.4) is 0 Å². The molecule has 2 aromatic carbocycles. The third-order valence-electron chi connectivity index (χ3n) is 2.69. The number of ketones is 2. The highest BCUT2D eigenvalue weighted by molar-refractivity contribution is 6.48. The average molecular weight is 268 g/mol. The van der Waals surface area contributed by atoms with Gasteiger partial charge in [0.1, 0.15) is 0 Å². The third-order valence-corrected chi connectivity index (χ3v) is 2.69. The van der Waals surface area contributed by atoms with Crippen LogP contribution in [0.1, 0.15) is 15.9 Å². The molecule has 2 N–H and O–H groups in total. The van der Waals surface area contributed by atoms with E-state index in [4.69, 9.17) is 5.11 Å². The van der Waals surface area contributed by atoms with Crippen LogP contribution in [0.15, 0.2) is 54.6 Å². The predicted molar refractivity (Wildman–Crippen MR) is 74.6 cm³/mol. The van der Waals surface area contributed by atoms with E-state index in [0.29, 0.717) is 0 Å². The maximum Gasteiger partial charge on any atom is 0.233 e. The van der Waals surface area contributed by atoms with Crippen LogP contribution in [0, 0.1) is 0 Å². The van der Waals surface area contributed by atoms with E-state index in [1.54, 1.807) is 18.2 Å². The fourth-order valence-electron chi connectivity index (χ4n) is 1.62. The number of phenolic OH excluding ortho intramolecular Hbond substituents is 2. The van der Waals surface area contributed by atoms with Crippen LogP contribution in [-0.4, -0.2) is 21.8 Å². The number of hydrogen-bond acceptors (Lipinski definition) is 4. The number of benzene rings is 2. The maximum atomic E-state index is 11.8. The smallest absolute Gasteiger partial charge is 0.233 e. The standard InChI is InChI=1S/C16H12O4/c17-13-9-7-12(10-15(13)19)16(20)14(18)8-6-11-4-2-1-3-5-11/h1-10,17,19H. The summed E-state index contributed by atoms with van der Waals surface area (Å²) in [5.41, 5.74) is 0.838. The Labute approximate surface area is 115 Å². The molecule has 4 nitrogen and oxygen atoms in total. The second-order valence-corrected chi connectivity index (χ2v) is 4.14. The van der Waals surface area contributed by atoms with Gasteiger partial charge in [0, 0.05) is 5.56 Å². The zero-order valence-electron chi connectivity index (χ0n) is 10.5. The highest BCUT2D eigenvalue weighted by atomic mass is 16.3. The zero-order valence-corrected chi connectivity index (χ0v) is 10.5. The molecule has 4 heteroatoms. The molecule has 20 heavy (non-hydrogen) atoms. The normalized spacial score (nSPS) is 10.6. The van der Waals surface area contributed by atoms with E-state index in [-0.39, 0.29) is 11.3 Å². The molecule has 0 aliphatic rings. The molecule has 0 aromatic heterocycles. The second kappa shape index (κ2) is 5.84. The molecule has 0 bridgehead atoms. The Morgan fingerprint density at radius 1 is 0.900 bits per heavy atom. The number of Topliss-reactive ketones (excluding diaryl/α,β-unsaturated/α-hetero) is 1. The van der Waals surface area contributed by atoms with Gasteiger partial charge in [-0.05, 0) is 29.8 Å². The SMILES string of the molecule is O=C(C=Cc1ccccc1)C(=O)c1ccc(O)c(O)c1. The van der Waals surface area contributed by atoms with Gasteiger partial charge in [-0.2, -0.15) is 0 Å². The minimum absolute atomic E-state index is 0.0306. The molecule has 0 amide bonds. The first kappa shape index (κ1) is 13.5. The molecular weight excluding hydrogens is 256 g/mol. The second-order valence-electron chi connectivity index (χ2n) is 4.14. The van der Waals surface area contributed by atoms with Crippen LogP contribution in [-0.2, 0) is 4.79 Å². The van der Waals surface area contributed by atoms with Crippen molar-refractivity contribution in [2.45, 2.75) is 0 Å². The van der Waals surface area contributed by atoms with E-state index in [9.17, 15) is 14.7 Å². The number of phenols is 2. The molecule has 0 atom stereocenters. The summed E-state index contributed by atoms with van der Waals surface area (Å²) in [5.74, 6) is -2.21. The predicted octanol–water partition coefficient (Wildman–Crippen LogP) is 2.56. The van der Waals surface area contributed by atoms with Crippen LogP contribution in [0.5, 0.6) is 11.5 Å². The molecule has 2 aromatic rings. The monoisotopic (exact) mass is 268 g/mol. The van der Waals surface area contributed by atoms with Crippen LogP contribution in [0.25, 0.3) is 6.08 Å². The number of carbonyl (C=O) groups excluding carboxylic acids is 2. The molecule has 0 saturated heterocycles. The first-order valence-corrected chi connectivity index (χ1v) is 5.91. The molecule has 0 fully saturated rings. The van der Waals surface area contributed by atoms with E-state index < -0.39 is 17.3 Å². The zero-order chi connectivity index (χ0) is 14.5. The number of carbonyl (C=O) groups is 2. The molecule has 2 rings (SSSR count). The Morgan fingerprint density at radius 3 is 2.25 bits per heavy atom. The number of rotatable bonds is 4. The maximum absolute atomic E-state index is 11.8. The summed E-state index contributed by atoms with van der Waals surface area (Å²) in [5, 5.41) is 18.5. The Kier molecular flexibility index (Phi) is 3.96. The fourth-order valence-corrected chi connectivity index (χ4v) is 1.62. The fraction of sp³-hybridized carbons (Fsp3) is 0. The molecule has 0 heterocycles. The van der Waals surface area contributed by atoms with Gasteiger partial charge in [-0.25, -0.2) is 0 Å². The van der Waals surface area contributed by atoms with Crippen molar-refractivity contribution >= 4 is 17.6 Å². The summed E-state index contributed by atoms with van der Waals surface area (Å²) in [6, 6.07) is 12.6. The largest absolute Gasteiger partial charge is 0.504 e. The van der Waals surface area contributed by atoms with Gasteiger partial charge in [-0.3, -0.25) is 9.59 Å². The highest BCUT2D eigenvalue weighted by Gasteiger charge is 2.14.